The van der Waals surface area contributed by atoms with Gasteiger partial charge >= 0.3 is 0 Å². The van der Waals surface area contributed by atoms with Crippen molar-refractivity contribution in [2.45, 2.75) is 43.6 Å². The highest BCUT2D eigenvalue weighted by Crippen LogP contribution is 2.24. The number of aryl methyl sites for hydroxylation is 1. The molecule has 1 heterocycles. The number of carbonyl (C=O) groups is 2. The van der Waals surface area contributed by atoms with E-state index in [2.05, 4.69) is 15.5 Å². The molecule has 3 N–H and O–H groups in total. The Morgan fingerprint density at radius 2 is 2.00 bits per heavy atom. The largest absolute Gasteiger partial charge is 0.370 e. The number of hydrogen-bond donors (Lipinski definition) is 2. The van der Waals surface area contributed by atoms with E-state index in [9.17, 15) is 14.0 Å². The molecule has 1 atom stereocenters. The molecule has 7 nitrogen and oxygen atoms in total. The van der Waals surface area contributed by atoms with Crippen molar-refractivity contribution < 1.29 is 14.0 Å². The van der Waals surface area contributed by atoms with Gasteiger partial charge in [-0.1, -0.05) is 11.8 Å². The molecule has 2 rings (SSSR count). The van der Waals surface area contributed by atoms with Crippen molar-refractivity contribution in [3.63, 3.8) is 0 Å². The summed E-state index contributed by atoms with van der Waals surface area (Å²) >= 11 is 1.27. The monoisotopic (exact) mass is 365 g/mol. The number of primary amides is 1. The normalized spacial score (nSPS) is 12.0. The van der Waals surface area contributed by atoms with Gasteiger partial charge in [-0.05, 0) is 38.1 Å². The van der Waals surface area contributed by atoms with Crippen LogP contribution in [0.25, 0.3) is 0 Å². The van der Waals surface area contributed by atoms with Gasteiger partial charge in [-0.3, -0.25) is 9.59 Å². The Morgan fingerprint density at radius 3 is 2.60 bits per heavy atom. The number of amides is 2. The second-order valence-electron chi connectivity index (χ2n) is 5.37. The van der Waals surface area contributed by atoms with Gasteiger partial charge in [0.25, 0.3) is 0 Å². The molecule has 2 amide bonds. The lowest BCUT2D eigenvalue weighted by molar-refractivity contribution is -0.118. The van der Waals surface area contributed by atoms with Crippen LogP contribution in [0.5, 0.6) is 0 Å². The van der Waals surface area contributed by atoms with Gasteiger partial charge in [0.2, 0.25) is 11.8 Å². The summed E-state index contributed by atoms with van der Waals surface area (Å²) in [6, 6.07) is 5.57. The fraction of sp³-hybridized carbons (Fsp3) is 0.375. The van der Waals surface area contributed by atoms with Gasteiger partial charge < -0.3 is 15.6 Å². The van der Waals surface area contributed by atoms with Crippen molar-refractivity contribution >= 4 is 29.3 Å². The van der Waals surface area contributed by atoms with Crippen molar-refractivity contribution in [3.8, 4) is 0 Å². The molecule has 1 aromatic carbocycles. The standard InChI is InChI=1S/C16H20FN5O2S/c1-3-22-14(9-8-13(18)23)20-21-16(22)25-10(2)15(24)19-12-6-4-11(17)5-7-12/h4-7,10H,3,8-9H2,1-2H3,(H2,18,23)(H,19,24)/t10-/m1/s1. The number of halogens is 1. The smallest absolute Gasteiger partial charge is 0.237 e. The average molecular weight is 365 g/mol. The van der Waals surface area contributed by atoms with E-state index in [0.717, 1.165) is 0 Å². The third-order valence-electron chi connectivity index (χ3n) is 3.47. The first-order valence-electron chi connectivity index (χ1n) is 7.84. The quantitative estimate of drug-likeness (QED) is 0.696. The molecule has 0 aliphatic carbocycles. The average Bonchev–Trinajstić information content (AvgIpc) is 2.96. The lowest BCUT2D eigenvalue weighted by Crippen LogP contribution is -2.23. The number of hydrogen-bond acceptors (Lipinski definition) is 5. The van der Waals surface area contributed by atoms with Gasteiger partial charge in [0.15, 0.2) is 5.16 Å². The molecule has 0 aliphatic heterocycles. The second-order valence-corrected chi connectivity index (χ2v) is 6.67. The first kappa shape index (κ1) is 18.9. The van der Waals surface area contributed by atoms with Crippen LogP contribution in [0.4, 0.5) is 10.1 Å². The van der Waals surface area contributed by atoms with Gasteiger partial charge in [0, 0.05) is 25.1 Å². The van der Waals surface area contributed by atoms with E-state index < -0.39 is 11.2 Å². The van der Waals surface area contributed by atoms with Crippen LogP contribution in [0.3, 0.4) is 0 Å². The van der Waals surface area contributed by atoms with E-state index in [0.29, 0.717) is 29.6 Å². The zero-order valence-electron chi connectivity index (χ0n) is 14.0. The summed E-state index contributed by atoms with van der Waals surface area (Å²) in [4.78, 5) is 23.2. The number of carbonyl (C=O) groups excluding carboxylic acids is 2. The number of nitrogens with one attached hydrogen (secondary N) is 1. The molecule has 9 heteroatoms. The summed E-state index contributed by atoms with van der Waals surface area (Å²) in [6.07, 6.45) is 0.607. The Labute approximate surface area is 149 Å². The molecule has 0 spiro atoms. The molecule has 0 saturated carbocycles. The molecule has 0 radical (unpaired) electrons. The molecule has 0 bridgehead atoms. The van der Waals surface area contributed by atoms with Crippen LogP contribution in [0, 0.1) is 5.82 Å². The van der Waals surface area contributed by atoms with Crippen molar-refractivity contribution in [2.24, 2.45) is 5.73 Å². The van der Waals surface area contributed by atoms with Crippen LogP contribution >= 0.6 is 11.8 Å². The van der Waals surface area contributed by atoms with Crippen LogP contribution in [-0.2, 0) is 22.6 Å². The van der Waals surface area contributed by atoms with Gasteiger partial charge in [0.1, 0.15) is 11.6 Å². The molecule has 0 fully saturated rings. The Morgan fingerprint density at radius 1 is 1.32 bits per heavy atom. The zero-order valence-corrected chi connectivity index (χ0v) is 14.8. The van der Waals surface area contributed by atoms with E-state index in [1.54, 1.807) is 6.92 Å². The van der Waals surface area contributed by atoms with Crippen LogP contribution < -0.4 is 11.1 Å². The minimum atomic E-state index is -0.427. The topological polar surface area (TPSA) is 103 Å². The van der Waals surface area contributed by atoms with Crippen LogP contribution in [0.1, 0.15) is 26.1 Å². The first-order chi connectivity index (χ1) is 11.9. The summed E-state index contributed by atoms with van der Waals surface area (Å²) in [5.41, 5.74) is 5.69. The number of thioether (sulfide) groups is 1. The third-order valence-corrected chi connectivity index (χ3v) is 4.55. The lowest BCUT2D eigenvalue weighted by Gasteiger charge is -2.12. The predicted molar refractivity (Wildman–Crippen MR) is 93.6 cm³/mol. The highest BCUT2D eigenvalue weighted by molar-refractivity contribution is 8.00. The summed E-state index contributed by atoms with van der Waals surface area (Å²) < 4.78 is 14.8. The fourth-order valence-electron chi connectivity index (χ4n) is 2.13. The maximum atomic E-state index is 12.9. The molecule has 25 heavy (non-hydrogen) atoms. The summed E-state index contributed by atoms with van der Waals surface area (Å²) in [5, 5.41) is 11.1. The highest BCUT2D eigenvalue weighted by atomic mass is 32.2. The number of aromatic nitrogens is 3. The number of rotatable bonds is 8. The Hall–Kier alpha value is -2.42. The van der Waals surface area contributed by atoms with Gasteiger partial charge in [-0.2, -0.15) is 0 Å². The summed E-state index contributed by atoms with van der Waals surface area (Å²) in [7, 11) is 0. The third kappa shape index (κ3) is 5.28. The highest BCUT2D eigenvalue weighted by Gasteiger charge is 2.20. The molecular weight excluding hydrogens is 345 g/mol. The lowest BCUT2D eigenvalue weighted by atomic mass is 10.3. The van der Waals surface area contributed by atoms with E-state index in [4.69, 9.17) is 5.73 Å². The van der Waals surface area contributed by atoms with Gasteiger partial charge in [-0.25, -0.2) is 4.39 Å². The van der Waals surface area contributed by atoms with E-state index in [1.165, 1.54) is 36.0 Å². The van der Waals surface area contributed by atoms with E-state index in [1.807, 2.05) is 11.5 Å². The van der Waals surface area contributed by atoms with Crippen molar-refractivity contribution in [1.82, 2.24) is 14.8 Å². The molecule has 0 unspecified atom stereocenters. The second kappa shape index (κ2) is 8.61. The minimum absolute atomic E-state index is 0.198. The minimum Gasteiger partial charge on any atom is -0.370 e. The number of nitrogens with zero attached hydrogens (tertiary/aromatic N) is 3. The molecule has 0 aliphatic rings. The molecular formula is C16H20FN5O2S. The molecule has 134 valence electrons. The van der Waals surface area contributed by atoms with Crippen molar-refractivity contribution in [1.29, 1.82) is 0 Å². The van der Waals surface area contributed by atoms with Crippen LogP contribution in [0.15, 0.2) is 29.4 Å². The predicted octanol–water partition coefficient (Wildman–Crippen LogP) is 1.97. The Kier molecular flexibility index (Phi) is 6.51. The fourth-order valence-corrected chi connectivity index (χ4v) is 3.06. The molecule has 2 aromatic rings. The zero-order chi connectivity index (χ0) is 18.4. The number of anilines is 1. The number of nitrogens with two attached hydrogens (primary N) is 1. The number of benzene rings is 1. The maximum Gasteiger partial charge on any atom is 0.237 e. The molecule has 1 aromatic heterocycles. The van der Waals surface area contributed by atoms with Gasteiger partial charge in [0.05, 0.1) is 5.25 Å². The Bertz CT molecular complexity index is 747. The van der Waals surface area contributed by atoms with Gasteiger partial charge in [-0.15, -0.1) is 10.2 Å². The van der Waals surface area contributed by atoms with Crippen LogP contribution in [0.2, 0.25) is 0 Å². The first-order valence-corrected chi connectivity index (χ1v) is 8.72. The van der Waals surface area contributed by atoms with Crippen LogP contribution in [-0.4, -0.2) is 31.8 Å². The Balaban J connectivity index is 2.01. The SMILES string of the molecule is CCn1c(CCC(N)=O)nnc1S[C@H](C)C(=O)Nc1ccc(F)cc1. The van der Waals surface area contributed by atoms with Crippen molar-refractivity contribution in [3.05, 3.63) is 35.9 Å². The summed E-state index contributed by atoms with van der Waals surface area (Å²) in [6.45, 7) is 4.31. The van der Waals surface area contributed by atoms with Crippen molar-refractivity contribution in [2.75, 3.05) is 5.32 Å². The maximum absolute atomic E-state index is 12.9. The molecule has 0 saturated heterocycles. The van der Waals surface area contributed by atoms with E-state index >= 15 is 0 Å². The summed E-state index contributed by atoms with van der Waals surface area (Å²) in [5.74, 6) is -0.317. The van der Waals surface area contributed by atoms with E-state index in [-0.39, 0.29) is 18.1 Å².